The van der Waals surface area contributed by atoms with Gasteiger partial charge in [-0.1, -0.05) is 30.3 Å². The van der Waals surface area contributed by atoms with Crippen molar-refractivity contribution >= 4 is 17.6 Å². The molecule has 1 heterocycles. The molecule has 1 aromatic heterocycles. The minimum Gasteiger partial charge on any atom is -0.436 e. The first-order valence-corrected chi connectivity index (χ1v) is 8.32. The summed E-state index contributed by atoms with van der Waals surface area (Å²) in [6.45, 7) is 1.17. The number of nitrogens with one attached hydrogen (secondary N) is 2. The van der Waals surface area contributed by atoms with Gasteiger partial charge < -0.3 is 10.1 Å². The van der Waals surface area contributed by atoms with Crippen LogP contribution in [0.4, 0.5) is 23.7 Å². The van der Waals surface area contributed by atoms with Gasteiger partial charge in [-0.3, -0.25) is 10.1 Å². The van der Waals surface area contributed by atoms with Crippen molar-refractivity contribution in [2.45, 2.75) is 6.92 Å². The van der Waals surface area contributed by atoms with Crippen molar-refractivity contribution in [3.63, 3.8) is 0 Å². The normalized spacial score (nSPS) is 10.3. The second-order valence-electron chi connectivity index (χ2n) is 5.83. The smallest absolute Gasteiger partial charge is 0.326 e. The maximum absolute atomic E-state index is 13.7. The number of halogens is 3. The third-order valence-electron chi connectivity index (χ3n) is 3.83. The van der Waals surface area contributed by atoms with E-state index < -0.39 is 35.4 Å². The minimum atomic E-state index is -1.71. The fourth-order valence-electron chi connectivity index (χ4n) is 2.35. The van der Waals surface area contributed by atoms with Gasteiger partial charge in [-0.25, -0.2) is 9.18 Å². The van der Waals surface area contributed by atoms with Gasteiger partial charge in [0.05, 0.1) is 11.3 Å². The van der Waals surface area contributed by atoms with Crippen LogP contribution in [0.25, 0.3) is 0 Å². The van der Waals surface area contributed by atoms with Gasteiger partial charge in [0, 0.05) is 5.56 Å². The second-order valence-corrected chi connectivity index (χ2v) is 5.83. The molecular weight excluding hydrogens is 387 g/mol. The Hall–Kier alpha value is -3.88. The van der Waals surface area contributed by atoms with E-state index in [9.17, 15) is 22.8 Å². The van der Waals surface area contributed by atoms with Gasteiger partial charge in [-0.2, -0.15) is 13.8 Å². The van der Waals surface area contributed by atoms with Gasteiger partial charge in [0.2, 0.25) is 11.7 Å². The molecule has 0 unspecified atom stereocenters. The second kappa shape index (κ2) is 8.42. The molecule has 29 heavy (non-hydrogen) atoms. The molecule has 0 bridgehead atoms. The molecule has 0 aliphatic carbocycles. The first-order valence-electron chi connectivity index (χ1n) is 8.32. The average molecular weight is 401 g/mol. The summed E-state index contributed by atoms with van der Waals surface area (Å²) in [6, 6.07) is 13.2. The largest absolute Gasteiger partial charge is 0.436 e. The van der Waals surface area contributed by atoms with Crippen LogP contribution < -0.4 is 15.4 Å². The molecule has 0 spiro atoms. The van der Waals surface area contributed by atoms with E-state index >= 15 is 0 Å². The van der Waals surface area contributed by atoms with Crippen LogP contribution in [0, 0.1) is 24.5 Å². The number of amides is 3. The van der Waals surface area contributed by atoms with Crippen molar-refractivity contribution in [2.75, 3.05) is 5.32 Å². The Balaban J connectivity index is 1.78. The topological polar surface area (TPSA) is 80.3 Å². The van der Waals surface area contributed by atoms with E-state index in [0.29, 0.717) is 0 Å². The lowest BCUT2D eigenvalue weighted by molar-refractivity contribution is 0.0967. The summed E-state index contributed by atoms with van der Waals surface area (Å²) in [5.74, 6) is -5.93. The zero-order valence-corrected chi connectivity index (χ0v) is 15.0. The molecule has 3 aromatic rings. The Bertz CT molecular complexity index is 1080. The Morgan fingerprint density at radius 2 is 1.59 bits per heavy atom. The van der Waals surface area contributed by atoms with Crippen molar-refractivity contribution in [2.24, 2.45) is 0 Å². The standard InChI is InChI=1S/C20H14F3N3O3/c1-11-15(21)16(22)17(23)25-19(11)29-14-10-6-5-9-13(14)24-20(28)26-18(27)12-7-3-2-4-8-12/h2-10H,1H3,(H2,24,26,27,28). The van der Waals surface area contributed by atoms with Crippen molar-refractivity contribution in [1.82, 2.24) is 10.3 Å². The van der Waals surface area contributed by atoms with Gasteiger partial charge in [0.15, 0.2) is 11.6 Å². The SMILES string of the molecule is Cc1c(Oc2ccccc2NC(=O)NC(=O)c2ccccc2)nc(F)c(F)c1F. The molecule has 9 heteroatoms. The van der Waals surface area contributed by atoms with Crippen molar-refractivity contribution in [1.29, 1.82) is 0 Å². The third-order valence-corrected chi connectivity index (χ3v) is 3.83. The molecular formula is C20H14F3N3O3. The lowest BCUT2D eigenvalue weighted by Crippen LogP contribution is -2.34. The zero-order valence-electron chi connectivity index (χ0n) is 15.0. The quantitative estimate of drug-likeness (QED) is 0.628. The van der Waals surface area contributed by atoms with Gasteiger partial charge >= 0.3 is 6.03 Å². The number of urea groups is 1. The molecule has 0 atom stereocenters. The Labute approximate surface area is 163 Å². The molecule has 2 aromatic carbocycles. The molecule has 2 N–H and O–H groups in total. The highest BCUT2D eigenvalue weighted by molar-refractivity contribution is 6.08. The van der Waals surface area contributed by atoms with Crippen LogP contribution in [0.15, 0.2) is 54.6 Å². The van der Waals surface area contributed by atoms with Gasteiger partial charge in [-0.15, -0.1) is 0 Å². The van der Waals surface area contributed by atoms with Crippen LogP contribution in [-0.2, 0) is 0 Å². The fraction of sp³-hybridized carbons (Fsp3) is 0.0500. The van der Waals surface area contributed by atoms with Crippen LogP contribution in [0.1, 0.15) is 15.9 Å². The minimum absolute atomic E-state index is 0.0178. The third kappa shape index (κ3) is 4.52. The predicted molar refractivity (Wildman–Crippen MR) is 98.3 cm³/mol. The molecule has 0 fully saturated rings. The fourth-order valence-corrected chi connectivity index (χ4v) is 2.35. The first kappa shape index (κ1) is 19.9. The molecule has 3 amide bonds. The molecule has 3 rings (SSSR count). The highest BCUT2D eigenvalue weighted by Gasteiger charge is 2.20. The number of hydrogen-bond acceptors (Lipinski definition) is 4. The number of benzene rings is 2. The summed E-state index contributed by atoms with van der Waals surface area (Å²) < 4.78 is 45.8. The number of imide groups is 1. The predicted octanol–water partition coefficient (Wildman–Crippen LogP) is 4.56. The van der Waals surface area contributed by atoms with Crippen LogP contribution in [0.5, 0.6) is 11.6 Å². The Morgan fingerprint density at radius 3 is 2.31 bits per heavy atom. The van der Waals surface area contributed by atoms with Crippen molar-refractivity contribution < 1.29 is 27.5 Å². The summed E-state index contributed by atoms with van der Waals surface area (Å²) in [4.78, 5) is 27.4. The maximum atomic E-state index is 13.7. The molecule has 0 aliphatic rings. The zero-order chi connectivity index (χ0) is 21.0. The highest BCUT2D eigenvalue weighted by Crippen LogP contribution is 2.31. The van der Waals surface area contributed by atoms with E-state index in [2.05, 4.69) is 15.6 Å². The van der Waals surface area contributed by atoms with Crippen LogP contribution >= 0.6 is 0 Å². The van der Waals surface area contributed by atoms with Crippen LogP contribution in [-0.4, -0.2) is 16.9 Å². The number of anilines is 1. The number of carbonyl (C=O) groups is 2. The summed E-state index contributed by atoms with van der Waals surface area (Å²) in [5.41, 5.74) is 0.0314. The molecule has 0 saturated heterocycles. The molecule has 0 saturated carbocycles. The lowest BCUT2D eigenvalue weighted by atomic mass is 10.2. The lowest BCUT2D eigenvalue weighted by Gasteiger charge is -2.13. The number of nitrogens with zero attached hydrogens (tertiary/aromatic N) is 1. The Morgan fingerprint density at radius 1 is 0.931 bits per heavy atom. The molecule has 0 radical (unpaired) electrons. The number of ether oxygens (including phenoxy) is 1. The van der Waals surface area contributed by atoms with E-state index in [1.165, 1.54) is 31.2 Å². The van der Waals surface area contributed by atoms with Crippen LogP contribution in [0.2, 0.25) is 0 Å². The average Bonchev–Trinajstić information content (AvgIpc) is 2.72. The molecule has 6 nitrogen and oxygen atoms in total. The van der Waals surface area contributed by atoms with Crippen molar-refractivity contribution in [3.8, 4) is 11.6 Å². The number of hydrogen-bond donors (Lipinski definition) is 2. The summed E-state index contributed by atoms with van der Waals surface area (Å²) in [5, 5.41) is 4.55. The molecule has 148 valence electrons. The summed E-state index contributed by atoms with van der Waals surface area (Å²) in [6.07, 6.45) is 0. The van der Waals surface area contributed by atoms with E-state index in [1.807, 2.05) is 0 Å². The maximum Gasteiger partial charge on any atom is 0.326 e. The highest BCUT2D eigenvalue weighted by atomic mass is 19.2. The number of rotatable bonds is 4. The number of para-hydroxylation sites is 2. The Kier molecular flexibility index (Phi) is 5.77. The van der Waals surface area contributed by atoms with E-state index in [1.54, 1.807) is 30.3 Å². The summed E-state index contributed by atoms with van der Waals surface area (Å²) in [7, 11) is 0. The monoisotopic (exact) mass is 401 g/mol. The van der Waals surface area contributed by atoms with E-state index in [4.69, 9.17) is 4.74 Å². The number of pyridine rings is 1. The van der Waals surface area contributed by atoms with E-state index in [0.717, 1.165) is 0 Å². The van der Waals surface area contributed by atoms with E-state index in [-0.39, 0.29) is 22.6 Å². The number of aromatic nitrogens is 1. The molecule has 0 aliphatic heterocycles. The number of carbonyl (C=O) groups excluding carboxylic acids is 2. The summed E-state index contributed by atoms with van der Waals surface area (Å²) >= 11 is 0. The van der Waals surface area contributed by atoms with Crippen molar-refractivity contribution in [3.05, 3.63) is 83.3 Å². The van der Waals surface area contributed by atoms with Gasteiger partial charge in [0.1, 0.15) is 0 Å². The van der Waals surface area contributed by atoms with Crippen LogP contribution in [0.3, 0.4) is 0 Å². The van der Waals surface area contributed by atoms with Gasteiger partial charge in [-0.05, 0) is 31.2 Å². The first-order chi connectivity index (χ1) is 13.9. The van der Waals surface area contributed by atoms with Gasteiger partial charge in [0.25, 0.3) is 11.9 Å².